The van der Waals surface area contributed by atoms with E-state index in [9.17, 15) is 4.79 Å². The first kappa shape index (κ1) is 9.73. The summed E-state index contributed by atoms with van der Waals surface area (Å²) in [5.41, 5.74) is 1.67. The van der Waals surface area contributed by atoms with E-state index in [1.165, 1.54) is 0 Å². The van der Waals surface area contributed by atoms with Crippen LogP contribution in [0.1, 0.15) is 10.5 Å². The Hall–Kier alpha value is -1.48. The van der Waals surface area contributed by atoms with Crippen LogP contribution in [-0.2, 0) is 6.54 Å². The van der Waals surface area contributed by atoms with Crippen molar-refractivity contribution in [2.24, 2.45) is 0 Å². The van der Waals surface area contributed by atoms with Crippen LogP contribution in [0.25, 0.3) is 10.9 Å². The van der Waals surface area contributed by atoms with E-state index in [1.54, 1.807) is 11.9 Å². The molecule has 1 aromatic heterocycles. The minimum atomic E-state index is 0.00690. The minimum absolute atomic E-state index is 0.00690. The van der Waals surface area contributed by atoms with Gasteiger partial charge in [-0.25, -0.2) is 0 Å². The van der Waals surface area contributed by atoms with Gasteiger partial charge >= 0.3 is 0 Å². The van der Waals surface area contributed by atoms with Gasteiger partial charge in [-0.3, -0.25) is 4.79 Å². The molecular weight excluding hydrogens is 224 g/mol. The molecule has 16 heavy (non-hydrogen) atoms. The zero-order chi connectivity index (χ0) is 11.3. The van der Waals surface area contributed by atoms with E-state index < -0.39 is 0 Å². The van der Waals surface area contributed by atoms with Crippen molar-refractivity contribution in [1.29, 1.82) is 0 Å². The maximum Gasteiger partial charge on any atom is 0.271 e. The number of fused-ring (bicyclic) bond motifs is 3. The molecule has 4 heteroatoms. The first-order valence-electron chi connectivity index (χ1n) is 5.22. The molecule has 0 saturated carbocycles. The maximum atomic E-state index is 12.0. The highest BCUT2D eigenvalue weighted by molar-refractivity contribution is 6.38. The number of carbonyl (C=O) groups excluding carboxylic acids is 1. The molecule has 0 aliphatic carbocycles. The van der Waals surface area contributed by atoms with Crippen molar-refractivity contribution in [3.8, 4) is 0 Å². The summed E-state index contributed by atoms with van der Waals surface area (Å²) in [6, 6.07) is 7.86. The van der Waals surface area contributed by atoms with E-state index in [0.717, 1.165) is 24.0 Å². The Bertz CT molecular complexity index is 588. The van der Waals surface area contributed by atoms with Crippen LogP contribution >= 0.6 is 11.6 Å². The van der Waals surface area contributed by atoms with Crippen LogP contribution in [0.15, 0.2) is 24.3 Å². The van der Waals surface area contributed by atoms with Crippen LogP contribution in [-0.4, -0.2) is 29.0 Å². The molecular formula is C12H11ClN2O. The number of amides is 1. The number of aromatic nitrogens is 1. The van der Waals surface area contributed by atoms with Gasteiger partial charge < -0.3 is 9.47 Å². The van der Waals surface area contributed by atoms with Gasteiger partial charge in [0.25, 0.3) is 5.91 Å². The lowest BCUT2D eigenvalue weighted by molar-refractivity contribution is 0.0751. The molecule has 0 unspecified atom stereocenters. The van der Waals surface area contributed by atoms with Crippen LogP contribution in [0.2, 0.25) is 5.02 Å². The number of hydrogen-bond acceptors (Lipinski definition) is 1. The third kappa shape index (κ3) is 1.12. The number of hydrogen-bond donors (Lipinski definition) is 0. The molecule has 2 heterocycles. The highest BCUT2D eigenvalue weighted by Crippen LogP contribution is 2.32. The molecule has 1 aliphatic rings. The Balaban J connectivity index is 2.39. The highest BCUT2D eigenvalue weighted by atomic mass is 35.5. The fourth-order valence-corrected chi connectivity index (χ4v) is 2.58. The van der Waals surface area contributed by atoms with Crippen LogP contribution in [0.5, 0.6) is 0 Å². The SMILES string of the molecule is CN1CCn2c(c(Cl)c3ccccc32)C1=O. The van der Waals surface area contributed by atoms with Crippen molar-refractivity contribution >= 4 is 28.4 Å². The van der Waals surface area contributed by atoms with Gasteiger partial charge in [-0.05, 0) is 6.07 Å². The Morgan fingerprint density at radius 3 is 2.81 bits per heavy atom. The molecule has 0 N–H and O–H groups in total. The molecule has 3 rings (SSSR count). The predicted molar refractivity (Wildman–Crippen MR) is 63.9 cm³/mol. The largest absolute Gasteiger partial charge is 0.339 e. The predicted octanol–water partition coefficient (Wildman–Crippen LogP) is 2.38. The molecule has 1 aromatic carbocycles. The number of nitrogens with zero attached hydrogens (tertiary/aromatic N) is 2. The summed E-state index contributed by atoms with van der Waals surface area (Å²) < 4.78 is 2.01. The van der Waals surface area contributed by atoms with Crippen molar-refractivity contribution in [1.82, 2.24) is 9.47 Å². The third-order valence-electron chi connectivity index (χ3n) is 3.12. The van der Waals surface area contributed by atoms with Crippen molar-refractivity contribution < 1.29 is 4.79 Å². The van der Waals surface area contributed by atoms with E-state index in [4.69, 9.17) is 11.6 Å². The van der Waals surface area contributed by atoms with Crippen molar-refractivity contribution in [2.75, 3.05) is 13.6 Å². The molecule has 0 spiro atoms. The number of halogens is 1. The van der Waals surface area contributed by atoms with E-state index in [1.807, 2.05) is 28.8 Å². The van der Waals surface area contributed by atoms with Crippen molar-refractivity contribution in [2.45, 2.75) is 6.54 Å². The van der Waals surface area contributed by atoms with Gasteiger partial charge in [0, 0.05) is 25.5 Å². The summed E-state index contributed by atoms with van der Waals surface area (Å²) in [7, 11) is 1.81. The zero-order valence-corrected chi connectivity index (χ0v) is 9.66. The molecule has 2 aromatic rings. The number of para-hydroxylation sites is 1. The van der Waals surface area contributed by atoms with Gasteiger partial charge in [-0.2, -0.15) is 0 Å². The Kier molecular flexibility index (Phi) is 1.98. The maximum absolute atomic E-state index is 12.0. The van der Waals surface area contributed by atoms with E-state index in [-0.39, 0.29) is 5.91 Å². The van der Waals surface area contributed by atoms with Crippen molar-refractivity contribution in [3.63, 3.8) is 0 Å². The molecule has 82 valence electrons. The van der Waals surface area contributed by atoms with E-state index in [0.29, 0.717) is 10.7 Å². The smallest absolute Gasteiger partial charge is 0.271 e. The fraction of sp³-hybridized carbons (Fsp3) is 0.250. The van der Waals surface area contributed by atoms with E-state index >= 15 is 0 Å². The fourth-order valence-electron chi connectivity index (χ4n) is 2.24. The van der Waals surface area contributed by atoms with Gasteiger partial charge in [0.15, 0.2) is 0 Å². The summed E-state index contributed by atoms with van der Waals surface area (Å²) in [5.74, 6) is 0.00690. The van der Waals surface area contributed by atoms with Crippen LogP contribution in [0, 0.1) is 0 Å². The summed E-state index contributed by atoms with van der Waals surface area (Å²) >= 11 is 6.27. The molecule has 0 radical (unpaired) electrons. The Morgan fingerprint density at radius 1 is 1.25 bits per heavy atom. The number of carbonyl (C=O) groups is 1. The second-order valence-electron chi connectivity index (χ2n) is 4.06. The second-order valence-corrected chi connectivity index (χ2v) is 4.44. The lowest BCUT2D eigenvalue weighted by Gasteiger charge is -2.25. The monoisotopic (exact) mass is 234 g/mol. The second kappa shape index (κ2) is 3.25. The topological polar surface area (TPSA) is 25.2 Å². The standard InChI is InChI=1S/C12H11ClN2O/c1-14-6-7-15-9-5-3-2-4-8(9)10(13)11(15)12(14)16/h2-5H,6-7H2,1H3. The molecule has 1 amide bonds. The number of benzene rings is 1. The lowest BCUT2D eigenvalue weighted by Crippen LogP contribution is -2.37. The molecule has 0 atom stereocenters. The van der Waals surface area contributed by atoms with Gasteiger partial charge in [-0.15, -0.1) is 0 Å². The molecule has 3 nitrogen and oxygen atoms in total. The molecule has 1 aliphatic heterocycles. The van der Waals surface area contributed by atoms with Crippen LogP contribution < -0.4 is 0 Å². The summed E-state index contributed by atoms with van der Waals surface area (Å²) in [4.78, 5) is 13.7. The van der Waals surface area contributed by atoms with E-state index in [2.05, 4.69) is 0 Å². The quantitative estimate of drug-likeness (QED) is 0.687. The Labute approximate surface area is 98.2 Å². The average molecular weight is 235 g/mol. The van der Waals surface area contributed by atoms with Crippen molar-refractivity contribution in [3.05, 3.63) is 35.0 Å². The minimum Gasteiger partial charge on any atom is -0.339 e. The molecule has 0 fully saturated rings. The first-order valence-corrected chi connectivity index (χ1v) is 5.60. The molecule has 0 bridgehead atoms. The average Bonchev–Trinajstić information content (AvgIpc) is 2.59. The number of likely N-dealkylation sites (N-methyl/N-ethyl adjacent to an activating group) is 1. The summed E-state index contributed by atoms with van der Waals surface area (Å²) in [6.07, 6.45) is 0. The molecule has 0 saturated heterocycles. The normalized spacial score (nSPS) is 15.6. The Morgan fingerprint density at radius 2 is 2.00 bits per heavy atom. The zero-order valence-electron chi connectivity index (χ0n) is 8.90. The van der Waals surface area contributed by atoms with Crippen LogP contribution in [0.4, 0.5) is 0 Å². The van der Waals surface area contributed by atoms with Gasteiger partial charge in [0.05, 0.1) is 10.5 Å². The third-order valence-corrected chi connectivity index (χ3v) is 3.50. The number of rotatable bonds is 0. The van der Waals surface area contributed by atoms with Gasteiger partial charge in [-0.1, -0.05) is 29.8 Å². The summed E-state index contributed by atoms with van der Waals surface area (Å²) in [5, 5.41) is 1.54. The summed E-state index contributed by atoms with van der Waals surface area (Å²) in [6.45, 7) is 1.55. The first-order chi connectivity index (χ1) is 7.70. The van der Waals surface area contributed by atoms with Crippen LogP contribution in [0.3, 0.4) is 0 Å². The van der Waals surface area contributed by atoms with Gasteiger partial charge in [0.2, 0.25) is 0 Å². The van der Waals surface area contributed by atoms with Gasteiger partial charge in [0.1, 0.15) is 5.69 Å². The highest BCUT2D eigenvalue weighted by Gasteiger charge is 2.27. The lowest BCUT2D eigenvalue weighted by atomic mass is 10.2.